The number of amides is 1. The lowest BCUT2D eigenvalue weighted by atomic mass is 9.34. The van der Waals surface area contributed by atoms with Gasteiger partial charge in [0.05, 0.1) is 11.5 Å². The van der Waals surface area contributed by atoms with Crippen LogP contribution in [-0.2, 0) is 4.79 Å². The number of nitrogens with one attached hydrogen (secondary N) is 1. The average molecular weight is 583 g/mol. The first-order valence-corrected chi connectivity index (χ1v) is 18.5. The molecule has 1 amide bonds. The highest BCUT2D eigenvalue weighted by Gasteiger charge is 2.68. The molecule has 2 N–H and O–H groups in total. The number of carbonyl (C=O) groups excluding carboxylic acids is 1. The Morgan fingerprint density at radius 2 is 1.50 bits per heavy atom. The van der Waals surface area contributed by atoms with Crippen molar-refractivity contribution in [2.75, 3.05) is 19.6 Å². The predicted molar refractivity (Wildman–Crippen MR) is 173 cm³/mol. The second-order valence-corrected chi connectivity index (χ2v) is 18.3. The Balaban J connectivity index is 0.000000729. The lowest BCUT2D eigenvalue weighted by molar-refractivity contribution is -0.231. The van der Waals surface area contributed by atoms with E-state index in [0.29, 0.717) is 28.6 Å². The summed E-state index contributed by atoms with van der Waals surface area (Å²) in [5.74, 6) is 4.70. The molecule has 10 atom stereocenters. The van der Waals surface area contributed by atoms with E-state index in [1.165, 1.54) is 90.1 Å². The van der Waals surface area contributed by atoms with Crippen molar-refractivity contribution >= 4 is 5.91 Å². The smallest absolute Gasteiger partial charge is 0.226 e. The summed E-state index contributed by atoms with van der Waals surface area (Å²) in [4.78, 5) is 16.8. The fraction of sp³-hybridized carbons (Fsp3) is 0.974. The predicted octanol–water partition coefficient (Wildman–Crippen LogP) is 8.22. The lowest BCUT2D eigenvalue weighted by Crippen LogP contribution is -2.65. The molecule has 0 radical (unpaired) electrons. The van der Waals surface area contributed by atoms with Gasteiger partial charge in [0.1, 0.15) is 0 Å². The molecule has 240 valence electrons. The Morgan fingerprint density at radius 1 is 0.810 bits per heavy atom. The molecule has 4 nitrogen and oxygen atoms in total. The number of carbonyl (C=O) groups is 1. The van der Waals surface area contributed by atoms with Crippen LogP contribution in [0.25, 0.3) is 0 Å². The van der Waals surface area contributed by atoms with Gasteiger partial charge in [-0.05, 0) is 156 Å². The van der Waals surface area contributed by atoms with Crippen LogP contribution in [0, 0.1) is 57.2 Å². The summed E-state index contributed by atoms with van der Waals surface area (Å²) in [5.41, 5.74) is 0.677. The highest BCUT2D eigenvalue weighted by molar-refractivity contribution is 5.84. The number of rotatable bonds is 4. The molecule has 7 fully saturated rings. The van der Waals surface area contributed by atoms with Gasteiger partial charge < -0.3 is 15.3 Å². The van der Waals surface area contributed by atoms with Crippen molar-refractivity contribution in [3.8, 4) is 0 Å². The van der Waals surface area contributed by atoms with Crippen molar-refractivity contribution < 1.29 is 9.90 Å². The SMILES string of the molecule is CC1C(O)CCC2(C)C3CCC4C5CCCC5(C(=O)NC(C)(C)CN5CCCC5)CCC4C3(C)CCC12C.CC1CC1. The summed E-state index contributed by atoms with van der Waals surface area (Å²) in [7, 11) is 0. The van der Waals surface area contributed by atoms with Crippen LogP contribution in [0.3, 0.4) is 0 Å². The topological polar surface area (TPSA) is 52.6 Å². The van der Waals surface area contributed by atoms with Gasteiger partial charge in [-0.3, -0.25) is 4.79 Å². The van der Waals surface area contributed by atoms with E-state index < -0.39 is 0 Å². The molecule has 0 aromatic carbocycles. The van der Waals surface area contributed by atoms with Gasteiger partial charge in [-0.15, -0.1) is 0 Å². The summed E-state index contributed by atoms with van der Waals surface area (Å²) in [6, 6.07) is 0. The quantitative estimate of drug-likeness (QED) is 0.351. The van der Waals surface area contributed by atoms with E-state index >= 15 is 0 Å². The molecule has 7 rings (SSSR count). The maximum atomic E-state index is 14.2. The molecule has 0 aromatic heterocycles. The summed E-state index contributed by atoms with van der Waals surface area (Å²) in [5, 5.41) is 14.5. The molecule has 1 saturated heterocycles. The van der Waals surface area contributed by atoms with Crippen LogP contribution >= 0.6 is 0 Å². The van der Waals surface area contributed by atoms with Gasteiger partial charge in [-0.25, -0.2) is 0 Å². The fourth-order valence-corrected chi connectivity index (χ4v) is 12.6. The zero-order chi connectivity index (χ0) is 30.1. The Labute approximate surface area is 258 Å². The van der Waals surface area contributed by atoms with Crippen LogP contribution in [0.15, 0.2) is 0 Å². The third-order valence-electron chi connectivity index (χ3n) is 15.6. The van der Waals surface area contributed by atoms with E-state index in [1.807, 2.05) is 0 Å². The van der Waals surface area contributed by atoms with Gasteiger partial charge >= 0.3 is 0 Å². The Hall–Kier alpha value is -0.610. The molecule has 42 heavy (non-hydrogen) atoms. The molecule has 6 saturated carbocycles. The summed E-state index contributed by atoms with van der Waals surface area (Å²) < 4.78 is 0. The van der Waals surface area contributed by atoms with Crippen molar-refractivity contribution in [2.24, 2.45) is 57.2 Å². The van der Waals surface area contributed by atoms with Crippen molar-refractivity contribution in [1.82, 2.24) is 10.2 Å². The van der Waals surface area contributed by atoms with Crippen LogP contribution in [0.2, 0.25) is 0 Å². The fourth-order valence-electron chi connectivity index (χ4n) is 12.6. The van der Waals surface area contributed by atoms with E-state index in [-0.39, 0.29) is 22.5 Å². The second-order valence-electron chi connectivity index (χ2n) is 18.3. The molecule has 1 heterocycles. The molecular formula is C38H66N2O2. The Morgan fingerprint density at radius 3 is 2.17 bits per heavy atom. The van der Waals surface area contributed by atoms with Crippen LogP contribution < -0.4 is 5.32 Å². The third kappa shape index (κ3) is 5.03. The number of hydrogen-bond donors (Lipinski definition) is 2. The molecule has 4 heteroatoms. The zero-order valence-corrected chi connectivity index (χ0v) is 28.6. The number of aliphatic hydroxyl groups excluding tert-OH is 1. The monoisotopic (exact) mass is 583 g/mol. The maximum absolute atomic E-state index is 14.2. The van der Waals surface area contributed by atoms with Gasteiger partial charge in [0, 0.05) is 12.1 Å². The number of hydrogen-bond acceptors (Lipinski definition) is 3. The summed E-state index contributed by atoms with van der Waals surface area (Å²) in [6.07, 6.45) is 18.8. The van der Waals surface area contributed by atoms with Gasteiger partial charge in [0.25, 0.3) is 0 Å². The van der Waals surface area contributed by atoms with E-state index in [2.05, 4.69) is 58.7 Å². The average Bonchev–Trinajstić information content (AvgIpc) is 3.36. The molecule has 6 aliphatic carbocycles. The minimum Gasteiger partial charge on any atom is -0.393 e. The minimum absolute atomic E-state index is 0.122. The van der Waals surface area contributed by atoms with E-state index in [9.17, 15) is 9.90 Å². The van der Waals surface area contributed by atoms with Crippen LogP contribution in [-0.4, -0.2) is 47.2 Å². The Bertz CT molecular complexity index is 1000. The standard InChI is InChI=1S/C34H58N2O2.C4H8/c1-23-27(37)14-16-33(6)28-12-11-24-25(31(28,4)18-19-32(23,33)5)13-17-34(15-9-10-26(24)34)29(38)35-30(2,3)22-36-20-7-8-21-36;1-4-2-3-4/h23-28,37H,7-22H2,1-6H3,(H,35,38);4H,2-3H2,1H3. The molecule has 0 spiro atoms. The first-order chi connectivity index (χ1) is 19.8. The number of aliphatic hydroxyl groups is 1. The van der Waals surface area contributed by atoms with Gasteiger partial charge in [0.2, 0.25) is 5.91 Å². The van der Waals surface area contributed by atoms with Crippen LogP contribution in [0.4, 0.5) is 0 Å². The van der Waals surface area contributed by atoms with Gasteiger partial charge in [-0.1, -0.05) is 53.9 Å². The molecule has 1 aliphatic heterocycles. The van der Waals surface area contributed by atoms with Gasteiger partial charge in [0.15, 0.2) is 0 Å². The van der Waals surface area contributed by atoms with E-state index in [1.54, 1.807) is 0 Å². The highest BCUT2D eigenvalue weighted by atomic mass is 16.3. The third-order valence-corrected chi connectivity index (χ3v) is 15.6. The van der Waals surface area contributed by atoms with Crippen molar-refractivity contribution in [1.29, 1.82) is 0 Å². The zero-order valence-electron chi connectivity index (χ0n) is 28.6. The largest absolute Gasteiger partial charge is 0.393 e. The molecule has 0 bridgehead atoms. The summed E-state index contributed by atoms with van der Waals surface area (Å²) >= 11 is 0. The Kier molecular flexibility index (Phi) is 8.24. The number of nitrogens with zero attached hydrogens (tertiary/aromatic N) is 1. The normalized spacial score (nSPS) is 48.7. The van der Waals surface area contributed by atoms with Gasteiger partial charge in [-0.2, -0.15) is 0 Å². The minimum atomic E-state index is -0.158. The van der Waals surface area contributed by atoms with Crippen molar-refractivity contribution in [3.05, 3.63) is 0 Å². The van der Waals surface area contributed by atoms with E-state index in [4.69, 9.17) is 0 Å². The van der Waals surface area contributed by atoms with Crippen LogP contribution in [0.1, 0.15) is 145 Å². The summed E-state index contributed by atoms with van der Waals surface area (Å²) in [6.45, 7) is 20.3. The van der Waals surface area contributed by atoms with Crippen molar-refractivity contribution in [3.63, 3.8) is 0 Å². The van der Waals surface area contributed by atoms with E-state index in [0.717, 1.165) is 49.5 Å². The first kappa shape index (κ1) is 31.4. The molecular weight excluding hydrogens is 516 g/mol. The molecule has 0 aromatic rings. The highest BCUT2D eigenvalue weighted by Crippen LogP contribution is 2.74. The number of fused-ring (bicyclic) bond motifs is 7. The van der Waals surface area contributed by atoms with Crippen molar-refractivity contribution in [2.45, 2.75) is 156 Å². The molecule has 7 aliphatic rings. The first-order valence-electron chi connectivity index (χ1n) is 18.5. The second kappa shape index (κ2) is 11.0. The lowest BCUT2D eigenvalue weighted by Gasteiger charge is -2.71. The molecule has 10 unspecified atom stereocenters. The van der Waals surface area contributed by atoms with Crippen LogP contribution in [0.5, 0.6) is 0 Å². The maximum Gasteiger partial charge on any atom is 0.226 e. The number of likely N-dealkylation sites (tertiary alicyclic amines) is 1.